The average Bonchev–Trinajstić information content (AvgIpc) is 2.78. The monoisotopic (exact) mass is 294 g/mol. The fourth-order valence-electron chi connectivity index (χ4n) is 1.26. The van der Waals surface area contributed by atoms with E-state index in [2.05, 4.69) is 26.7 Å². The summed E-state index contributed by atoms with van der Waals surface area (Å²) >= 11 is 4.85. The summed E-state index contributed by atoms with van der Waals surface area (Å²) in [5.74, 6) is -0.0605. The molecule has 0 spiro atoms. The molecule has 0 radical (unpaired) electrons. The van der Waals surface area contributed by atoms with Crippen molar-refractivity contribution >= 4 is 33.6 Å². The van der Waals surface area contributed by atoms with E-state index in [-0.39, 0.29) is 5.91 Å². The van der Waals surface area contributed by atoms with E-state index >= 15 is 0 Å². The third kappa shape index (κ3) is 2.95. The highest BCUT2D eigenvalue weighted by Gasteiger charge is 2.13. The normalized spacial score (nSPS) is 13.2. The molecular formula is C12H9BrNOS+. The van der Waals surface area contributed by atoms with Crippen LogP contribution in [0.2, 0.25) is 0 Å². The minimum absolute atomic E-state index is 0.0605. The number of hydrogen-bond acceptors (Lipinski definition) is 2. The number of nitrogens with one attached hydrogen (secondary N) is 1. The van der Waals surface area contributed by atoms with Gasteiger partial charge in [0.15, 0.2) is 6.08 Å². The third-order valence-corrected chi connectivity index (χ3v) is 3.33. The number of benzene rings is 1. The van der Waals surface area contributed by atoms with E-state index < -0.39 is 0 Å². The summed E-state index contributed by atoms with van der Waals surface area (Å²) in [5, 5.41) is 5.84. The molecule has 1 N–H and O–H groups in total. The van der Waals surface area contributed by atoms with Gasteiger partial charge in [0.05, 0.1) is 24.4 Å². The van der Waals surface area contributed by atoms with Gasteiger partial charge in [-0.25, -0.2) is 0 Å². The van der Waals surface area contributed by atoms with Crippen LogP contribution in [-0.2, 0) is 0 Å². The van der Waals surface area contributed by atoms with Gasteiger partial charge in [-0.1, -0.05) is 22.0 Å². The topological polar surface area (TPSA) is 29.1 Å². The Morgan fingerprint density at radius 2 is 2.38 bits per heavy atom. The molecule has 1 aromatic rings. The first kappa shape index (κ1) is 11.4. The first-order valence-electron chi connectivity index (χ1n) is 4.74. The molecule has 1 amide bonds. The van der Waals surface area contributed by atoms with Crippen molar-refractivity contribution in [1.29, 1.82) is 0 Å². The number of rotatable bonds is 3. The van der Waals surface area contributed by atoms with Gasteiger partial charge >= 0.3 is 0 Å². The van der Waals surface area contributed by atoms with Crippen LogP contribution in [0.25, 0.3) is 0 Å². The number of amides is 1. The number of carbonyl (C=O) groups is 1. The van der Waals surface area contributed by atoms with Crippen molar-refractivity contribution < 1.29 is 4.79 Å². The molecule has 2 rings (SSSR count). The van der Waals surface area contributed by atoms with E-state index in [1.807, 2.05) is 24.3 Å². The zero-order valence-corrected chi connectivity index (χ0v) is 10.8. The summed E-state index contributed by atoms with van der Waals surface area (Å²) in [7, 11) is 0. The number of carbonyl (C=O) groups excluding carboxylic acids is 1. The summed E-state index contributed by atoms with van der Waals surface area (Å²) in [6, 6.07) is 7.33. The average molecular weight is 295 g/mol. The number of thioether (sulfide) groups is 1. The molecule has 0 unspecified atom stereocenters. The lowest BCUT2D eigenvalue weighted by Gasteiger charge is -2.03. The van der Waals surface area contributed by atoms with Gasteiger partial charge in [-0.3, -0.25) is 4.79 Å². The van der Waals surface area contributed by atoms with E-state index in [1.165, 1.54) is 11.8 Å². The molecule has 16 heavy (non-hydrogen) atoms. The van der Waals surface area contributed by atoms with Gasteiger partial charge < -0.3 is 5.32 Å². The summed E-state index contributed by atoms with van der Waals surface area (Å²) in [5.41, 5.74) is 0.662. The first-order valence-corrected chi connectivity index (χ1v) is 6.35. The van der Waals surface area contributed by atoms with Crippen LogP contribution >= 0.6 is 27.7 Å². The lowest BCUT2D eigenvalue weighted by Crippen LogP contribution is -2.24. The van der Waals surface area contributed by atoms with Gasteiger partial charge in [-0.05, 0) is 18.2 Å². The summed E-state index contributed by atoms with van der Waals surface area (Å²) in [6.07, 6.45) is 3.80. The van der Waals surface area contributed by atoms with Gasteiger partial charge in [0.2, 0.25) is 0 Å². The van der Waals surface area contributed by atoms with Gasteiger partial charge in [-0.15, -0.1) is 0 Å². The Balaban J connectivity index is 1.93. The van der Waals surface area contributed by atoms with Crippen LogP contribution < -0.4 is 5.32 Å². The minimum atomic E-state index is -0.0605. The van der Waals surface area contributed by atoms with Crippen molar-refractivity contribution in [3.63, 3.8) is 0 Å². The fraction of sp³-hybridized carbons (Fsp3) is 0.0833. The highest BCUT2D eigenvalue weighted by Crippen LogP contribution is 2.21. The summed E-state index contributed by atoms with van der Waals surface area (Å²) < 4.78 is 0.907. The van der Waals surface area contributed by atoms with Gasteiger partial charge in [0.1, 0.15) is 10.3 Å². The molecular weight excluding hydrogens is 286 g/mol. The van der Waals surface area contributed by atoms with Crippen LogP contribution in [0.5, 0.6) is 0 Å². The van der Waals surface area contributed by atoms with Gasteiger partial charge in [-0.2, -0.15) is 0 Å². The molecule has 0 aliphatic carbocycles. The molecule has 1 aliphatic rings. The van der Waals surface area contributed by atoms with Crippen molar-refractivity contribution in [2.75, 3.05) is 6.54 Å². The van der Waals surface area contributed by atoms with Crippen molar-refractivity contribution in [1.82, 2.24) is 5.32 Å². The molecule has 1 heterocycles. The smallest absolute Gasteiger partial charge is 0.251 e. The fourth-order valence-corrected chi connectivity index (χ4v) is 2.23. The Bertz CT molecular complexity index is 468. The zero-order valence-electron chi connectivity index (χ0n) is 8.37. The quantitative estimate of drug-likeness (QED) is 0.868. The second-order valence-electron chi connectivity index (χ2n) is 3.21. The lowest BCUT2D eigenvalue weighted by atomic mass is 10.2. The van der Waals surface area contributed by atoms with Crippen LogP contribution in [0.3, 0.4) is 0 Å². The lowest BCUT2D eigenvalue weighted by molar-refractivity contribution is 0.0957. The molecule has 1 aliphatic heterocycles. The SMILES string of the molecule is O=C(NCC1=CC=[C+]S1)c1cccc(Br)c1. The summed E-state index contributed by atoms with van der Waals surface area (Å²) in [4.78, 5) is 12.9. The highest BCUT2D eigenvalue weighted by molar-refractivity contribution is 9.10. The van der Waals surface area contributed by atoms with E-state index in [0.717, 1.165) is 9.38 Å². The molecule has 0 saturated heterocycles. The van der Waals surface area contributed by atoms with Crippen LogP contribution in [0.1, 0.15) is 10.4 Å². The molecule has 80 valence electrons. The maximum atomic E-state index is 11.8. The third-order valence-electron chi connectivity index (χ3n) is 2.04. The van der Waals surface area contributed by atoms with Gasteiger partial charge in [0.25, 0.3) is 5.91 Å². The number of allylic oxidation sites excluding steroid dienone is 2. The van der Waals surface area contributed by atoms with Crippen molar-refractivity contribution in [2.45, 2.75) is 0 Å². The predicted octanol–water partition coefficient (Wildman–Crippen LogP) is 3.13. The van der Waals surface area contributed by atoms with Crippen molar-refractivity contribution in [3.8, 4) is 0 Å². The molecule has 0 fully saturated rings. The molecule has 2 nitrogen and oxygen atoms in total. The zero-order chi connectivity index (χ0) is 11.4. The highest BCUT2D eigenvalue weighted by atomic mass is 79.9. The van der Waals surface area contributed by atoms with Crippen LogP contribution in [0.4, 0.5) is 0 Å². The second kappa shape index (κ2) is 5.30. The predicted molar refractivity (Wildman–Crippen MR) is 70.0 cm³/mol. The molecule has 0 aromatic heterocycles. The van der Waals surface area contributed by atoms with Crippen molar-refractivity contribution in [3.05, 3.63) is 56.8 Å². The maximum absolute atomic E-state index is 11.8. The molecule has 0 saturated carbocycles. The van der Waals surface area contributed by atoms with E-state index in [4.69, 9.17) is 0 Å². The Morgan fingerprint density at radius 3 is 3.06 bits per heavy atom. The van der Waals surface area contributed by atoms with E-state index in [9.17, 15) is 4.79 Å². The standard InChI is InChI=1S/C12H8BrNOS/c13-10-4-1-3-9(7-10)12(15)14-8-11-5-2-6-16-11/h1-5,7H,8H2/p+1. The largest absolute Gasteiger partial charge is 0.345 e. The Morgan fingerprint density at radius 1 is 1.50 bits per heavy atom. The van der Waals surface area contributed by atoms with E-state index in [0.29, 0.717) is 12.1 Å². The van der Waals surface area contributed by atoms with E-state index in [1.54, 1.807) is 12.1 Å². The maximum Gasteiger partial charge on any atom is 0.251 e. The number of halogens is 1. The van der Waals surface area contributed by atoms with Crippen LogP contribution in [0, 0.1) is 5.41 Å². The van der Waals surface area contributed by atoms with Crippen LogP contribution in [0.15, 0.2) is 45.8 Å². The van der Waals surface area contributed by atoms with Crippen LogP contribution in [-0.4, -0.2) is 12.5 Å². The van der Waals surface area contributed by atoms with Gasteiger partial charge in [0, 0.05) is 10.0 Å². The molecule has 0 atom stereocenters. The number of hydrogen-bond donors (Lipinski definition) is 1. The summed E-state index contributed by atoms with van der Waals surface area (Å²) in [6.45, 7) is 0.555. The second-order valence-corrected chi connectivity index (χ2v) is 5.09. The molecule has 4 heteroatoms. The minimum Gasteiger partial charge on any atom is -0.345 e. The molecule has 0 bridgehead atoms. The first-order chi connectivity index (χ1) is 7.75. The Labute approximate surface area is 107 Å². The Kier molecular flexibility index (Phi) is 3.78. The Hall–Kier alpha value is -1.09. The van der Waals surface area contributed by atoms with Crippen molar-refractivity contribution in [2.24, 2.45) is 0 Å². The molecule has 1 aromatic carbocycles.